The van der Waals surface area contributed by atoms with Gasteiger partial charge in [0.1, 0.15) is 0 Å². The third-order valence-corrected chi connectivity index (χ3v) is 3.32. The summed E-state index contributed by atoms with van der Waals surface area (Å²) in [5, 5.41) is 16.4. The standard InChI is InChI=1S/C15H11N7O/c1-10-13(18-21-22(10)12-5-3-7-17-9-12)15-20-19-14(23-15)11-4-2-6-16-8-11/h2-9H,1H3. The van der Waals surface area contributed by atoms with Crippen molar-refractivity contribution >= 4 is 0 Å². The van der Waals surface area contributed by atoms with Gasteiger partial charge in [-0.1, -0.05) is 5.21 Å². The Morgan fingerprint density at radius 2 is 1.70 bits per heavy atom. The van der Waals surface area contributed by atoms with E-state index in [4.69, 9.17) is 4.42 Å². The number of aromatic nitrogens is 7. The number of hydrogen-bond acceptors (Lipinski definition) is 7. The molecular weight excluding hydrogens is 294 g/mol. The number of rotatable bonds is 3. The zero-order chi connectivity index (χ0) is 15.6. The van der Waals surface area contributed by atoms with Crippen molar-refractivity contribution in [2.45, 2.75) is 6.92 Å². The lowest BCUT2D eigenvalue weighted by Crippen LogP contribution is -1.99. The average Bonchev–Trinajstić information content (AvgIpc) is 3.23. The predicted molar refractivity (Wildman–Crippen MR) is 80.4 cm³/mol. The summed E-state index contributed by atoms with van der Waals surface area (Å²) in [5.74, 6) is 0.708. The lowest BCUT2D eigenvalue weighted by molar-refractivity contribution is 0.581. The van der Waals surface area contributed by atoms with E-state index in [1.165, 1.54) is 0 Å². The molecule has 0 atom stereocenters. The first-order chi connectivity index (χ1) is 11.3. The Kier molecular flexibility index (Phi) is 3.12. The summed E-state index contributed by atoms with van der Waals surface area (Å²) in [5.41, 5.74) is 2.90. The smallest absolute Gasteiger partial charge is 0.270 e. The molecule has 0 unspecified atom stereocenters. The Hall–Kier alpha value is -3.42. The van der Waals surface area contributed by atoms with Crippen LogP contribution in [0, 0.1) is 6.92 Å². The van der Waals surface area contributed by atoms with Gasteiger partial charge < -0.3 is 4.42 Å². The summed E-state index contributed by atoms with van der Waals surface area (Å²) < 4.78 is 7.37. The first-order valence-electron chi connectivity index (χ1n) is 6.90. The van der Waals surface area contributed by atoms with Gasteiger partial charge in [-0.3, -0.25) is 9.97 Å². The van der Waals surface area contributed by atoms with Gasteiger partial charge in [0.15, 0.2) is 5.69 Å². The molecule has 0 radical (unpaired) electrons. The zero-order valence-corrected chi connectivity index (χ0v) is 12.2. The van der Waals surface area contributed by atoms with Crippen LogP contribution in [0.4, 0.5) is 0 Å². The van der Waals surface area contributed by atoms with Gasteiger partial charge in [-0.15, -0.1) is 15.3 Å². The third kappa shape index (κ3) is 2.35. The van der Waals surface area contributed by atoms with Gasteiger partial charge in [0, 0.05) is 18.6 Å². The second kappa shape index (κ2) is 5.41. The fourth-order valence-corrected chi connectivity index (χ4v) is 2.18. The summed E-state index contributed by atoms with van der Waals surface area (Å²) in [4.78, 5) is 8.12. The second-order valence-electron chi connectivity index (χ2n) is 4.80. The molecule has 4 aromatic rings. The van der Waals surface area contributed by atoms with E-state index < -0.39 is 0 Å². The van der Waals surface area contributed by atoms with Gasteiger partial charge in [0.05, 0.1) is 23.1 Å². The van der Waals surface area contributed by atoms with Gasteiger partial charge in [-0.25, -0.2) is 4.68 Å². The van der Waals surface area contributed by atoms with E-state index in [-0.39, 0.29) is 0 Å². The van der Waals surface area contributed by atoms with Gasteiger partial charge in [-0.2, -0.15) is 0 Å². The molecule has 0 N–H and O–H groups in total. The van der Waals surface area contributed by atoms with Crippen molar-refractivity contribution in [1.29, 1.82) is 0 Å². The lowest BCUT2D eigenvalue weighted by Gasteiger charge is -2.01. The molecule has 112 valence electrons. The highest BCUT2D eigenvalue weighted by Crippen LogP contribution is 2.24. The van der Waals surface area contributed by atoms with Crippen LogP contribution in [-0.2, 0) is 0 Å². The van der Waals surface area contributed by atoms with Crippen molar-refractivity contribution in [3.05, 3.63) is 54.7 Å². The van der Waals surface area contributed by atoms with Crippen molar-refractivity contribution in [1.82, 2.24) is 35.2 Å². The molecule has 0 amide bonds. The molecule has 4 aromatic heterocycles. The molecule has 4 heterocycles. The molecule has 23 heavy (non-hydrogen) atoms. The maximum Gasteiger partial charge on any atom is 0.270 e. The molecule has 0 saturated heterocycles. The summed E-state index contributed by atoms with van der Waals surface area (Å²) in [6.45, 7) is 1.89. The molecule has 0 saturated carbocycles. The third-order valence-electron chi connectivity index (χ3n) is 3.32. The molecule has 0 aliphatic rings. The SMILES string of the molecule is Cc1c(-c2nnc(-c3cccnc3)o2)nnn1-c1cccnc1. The monoisotopic (exact) mass is 305 g/mol. The van der Waals surface area contributed by atoms with Crippen LogP contribution < -0.4 is 0 Å². The zero-order valence-electron chi connectivity index (χ0n) is 12.2. The Balaban J connectivity index is 1.73. The molecule has 4 rings (SSSR count). The van der Waals surface area contributed by atoms with Crippen LogP contribution in [-0.4, -0.2) is 35.2 Å². The van der Waals surface area contributed by atoms with Crippen molar-refractivity contribution < 1.29 is 4.42 Å². The normalized spacial score (nSPS) is 10.8. The van der Waals surface area contributed by atoms with Crippen LogP contribution in [0.2, 0.25) is 0 Å². The van der Waals surface area contributed by atoms with Crippen LogP contribution >= 0.6 is 0 Å². The fraction of sp³-hybridized carbons (Fsp3) is 0.0667. The van der Waals surface area contributed by atoms with E-state index >= 15 is 0 Å². The van der Waals surface area contributed by atoms with E-state index in [1.54, 1.807) is 29.5 Å². The van der Waals surface area contributed by atoms with Crippen molar-refractivity contribution in [2.75, 3.05) is 0 Å². The quantitative estimate of drug-likeness (QED) is 0.571. The first-order valence-corrected chi connectivity index (χ1v) is 6.90. The molecule has 0 aliphatic carbocycles. The van der Waals surface area contributed by atoms with Crippen LogP contribution in [0.1, 0.15) is 5.69 Å². The van der Waals surface area contributed by atoms with Crippen LogP contribution in [0.25, 0.3) is 28.7 Å². The predicted octanol–water partition coefficient (Wildman–Crippen LogP) is 2.08. The van der Waals surface area contributed by atoms with Crippen LogP contribution in [0.15, 0.2) is 53.5 Å². The van der Waals surface area contributed by atoms with Crippen LogP contribution in [0.5, 0.6) is 0 Å². The van der Waals surface area contributed by atoms with E-state index in [0.717, 1.165) is 16.9 Å². The van der Waals surface area contributed by atoms with Crippen molar-refractivity contribution in [3.63, 3.8) is 0 Å². The topological polar surface area (TPSA) is 95.4 Å². The molecule has 0 fully saturated rings. The Morgan fingerprint density at radius 1 is 0.913 bits per heavy atom. The maximum atomic E-state index is 5.69. The molecule has 0 aromatic carbocycles. The minimum Gasteiger partial charge on any atom is -0.414 e. The minimum atomic E-state index is 0.316. The lowest BCUT2D eigenvalue weighted by atomic mass is 10.3. The van der Waals surface area contributed by atoms with E-state index in [2.05, 4.69) is 30.5 Å². The van der Waals surface area contributed by atoms with Gasteiger partial charge >= 0.3 is 0 Å². The number of hydrogen-bond donors (Lipinski definition) is 0. The minimum absolute atomic E-state index is 0.316. The first kappa shape index (κ1) is 13.3. The highest BCUT2D eigenvalue weighted by Gasteiger charge is 2.18. The second-order valence-corrected chi connectivity index (χ2v) is 4.80. The number of nitrogens with zero attached hydrogens (tertiary/aromatic N) is 7. The largest absolute Gasteiger partial charge is 0.414 e. The summed E-state index contributed by atoms with van der Waals surface area (Å²) >= 11 is 0. The summed E-state index contributed by atoms with van der Waals surface area (Å²) in [7, 11) is 0. The molecule has 0 aliphatic heterocycles. The van der Waals surface area contributed by atoms with E-state index in [9.17, 15) is 0 Å². The van der Waals surface area contributed by atoms with Crippen LogP contribution in [0.3, 0.4) is 0 Å². The van der Waals surface area contributed by atoms with E-state index in [0.29, 0.717) is 17.5 Å². The highest BCUT2D eigenvalue weighted by atomic mass is 16.4. The van der Waals surface area contributed by atoms with Crippen molar-refractivity contribution in [3.8, 4) is 28.7 Å². The number of pyridine rings is 2. The van der Waals surface area contributed by atoms with Gasteiger partial charge in [0.25, 0.3) is 5.89 Å². The molecular formula is C15H11N7O. The molecule has 8 heteroatoms. The molecule has 0 spiro atoms. The Labute approximate surface area is 130 Å². The summed E-state index contributed by atoms with van der Waals surface area (Å²) in [6, 6.07) is 7.39. The highest BCUT2D eigenvalue weighted by molar-refractivity contribution is 5.56. The molecule has 0 bridgehead atoms. The average molecular weight is 305 g/mol. The molecule has 8 nitrogen and oxygen atoms in total. The van der Waals surface area contributed by atoms with Gasteiger partial charge in [-0.05, 0) is 31.2 Å². The van der Waals surface area contributed by atoms with E-state index in [1.807, 2.05) is 31.2 Å². The maximum absolute atomic E-state index is 5.69. The van der Waals surface area contributed by atoms with Crippen molar-refractivity contribution in [2.24, 2.45) is 0 Å². The summed E-state index contributed by atoms with van der Waals surface area (Å²) in [6.07, 6.45) is 6.76. The fourth-order valence-electron chi connectivity index (χ4n) is 2.18. The Morgan fingerprint density at radius 3 is 2.43 bits per heavy atom. The van der Waals surface area contributed by atoms with Gasteiger partial charge in [0.2, 0.25) is 5.89 Å². The Bertz CT molecular complexity index is 931.